The van der Waals surface area contributed by atoms with Crippen LogP contribution in [0, 0.1) is 0 Å². The van der Waals surface area contributed by atoms with Crippen LogP contribution in [0.15, 0.2) is 44.7 Å². The second-order valence-corrected chi connectivity index (χ2v) is 5.26. The Morgan fingerprint density at radius 1 is 1.24 bits per heavy atom. The average Bonchev–Trinajstić information content (AvgIpc) is 2.27. The molecule has 0 bridgehead atoms. The molecule has 1 rings (SSSR count). The summed E-state index contributed by atoms with van der Waals surface area (Å²) in [4.78, 5) is 0.168. The van der Waals surface area contributed by atoms with E-state index in [1.807, 2.05) is 13.8 Å². The van der Waals surface area contributed by atoms with Gasteiger partial charge in [0.05, 0.1) is 4.90 Å². The summed E-state index contributed by atoms with van der Waals surface area (Å²) < 4.78 is 27.0. The number of benzene rings is 1. The minimum Gasteiger partial charge on any atom is -0.257 e. The number of hydrogen-bond acceptors (Lipinski definition) is 3. The first kappa shape index (κ1) is 13.4. The van der Waals surface area contributed by atoms with Crippen LogP contribution in [0.25, 0.3) is 0 Å². The quantitative estimate of drug-likeness (QED) is 0.466. The van der Waals surface area contributed by atoms with Gasteiger partial charge in [0.15, 0.2) is 0 Å². The van der Waals surface area contributed by atoms with E-state index in [1.54, 1.807) is 25.2 Å². The lowest BCUT2D eigenvalue weighted by molar-refractivity contribution is 0.558. The van der Waals surface area contributed by atoms with E-state index in [2.05, 4.69) is 9.50 Å². The van der Waals surface area contributed by atoms with Crippen molar-refractivity contribution in [3.63, 3.8) is 0 Å². The number of sulfonamides is 1. The molecular formula is C11H15N3O2S. The fourth-order valence-corrected chi connectivity index (χ4v) is 2.01. The van der Waals surface area contributed by atoms with Gasteiger partial charge in [-0.05, 0) is 26.0 Å². The van der Waals surface area contributed by atoms with Gasteiger partial charge < -0.3 is 0 Å². The van der Waals surface area contributed by atoms with Gasteiger partial charge in [0, 0.05) is 12.8 Å². The van der Waals surface area contributed by atoms with Gasteiger partial charge in [-0.1, -0.05) is 18.2 Å². The SMILES string of the molecule is CC(C)=NN(C)/C=N/S(=O)(=O)c1ccccc1. The summed E-state index contributed by atoms with van der Waals surface area (Å²) in [6.45, 7) is 3.63. The molecule has 1 aromatic carbocycles. The zero-order chi connectivity index (χ0) is 12.9. The van der Waals surface area contributed by atoms with E-state index in [1.165, 1.54) is 23.5 Å². The third-order valence-corrected chi connectivity index (χ3v) is 2.99. The maximum Gasteiger partial charge on any atom is 0.283 e. The summed E-state index contributed by atoms with van der Waals surface area (Å²) in [7, 11) is -2.01. The Morgan fingerprint density at radius 3 is 2.35 bits per heavy atom. The molecule has 17 heavy (non-hydrogen) atoms. The third kappa shape index (κ3) is 4.36. The van der Waals surface area contributed by atoms with E-state index in [0.29, 0.717) is 0 Å². The van der Waals surface area contributed by atoms with Crippen LogP contribution in [0.5, 0.6) is 0 Å². The molecule has 0 aliphatic carbocycles. The van der Waals surface area contributed by atoms with E-state index in [9.17, 15) is 8.42 Å². The Kier molecular flexibility index (Phi) is 4.39. The van der Waals surface area contributed by atoms with E-state index in [0.717, 1.165) is 5.71 Å². The molecule has 0 N–H and O–H groups in total. The maximum absolute atomic E-state index is 11.7. The molecule has 0 amide bonds. The second-order valence-electron chi connectivity index (χ2n) is 3.63. The van der Waals surface area contributed by atoms with Gasteiger partial charge in [0.1, 0.15) is 6.34 Å². The molecule has 6 heteroatoms. The van der Waals surface area contributed by atoms with Crippen molar-refractivity contribution in [3.05, 3.63) is 30.3 Å². The predicted octanol–water partition coefficient (Wildman–Crippen LogP) is 1.73. The molecule has 0 aliphatic rings. The smallest absolute Gasteiger partial charge is 0.257 e. The molecule has 0 aliphatic heterocycles. The Labute approximate surface area is 102 Å². The van der Waals surface area contributed by atoms with Gasteiger partial charge in [-0.2, -0.15) is 13.5 Å². The lowest BCUT2D eigenvalue weighted by Gasteiger charge is -2.05. The maximum atomic E-state index is 11.7. The summed E-state index contributed by atoms with van der Waals surface area (Å²) in [5.41, 5.74) is 0.816. The lowest BCUT2D eigenvalue weighted by atomic mass is 10.4. The van der Waals surface area contributed by atoms with Crippen LogP contribution in [0.3, 0.4) is 0 Å². The molecule has 0 spiro atoms. The van der Waals surface area contributed by atoms with Crippen LogP contribution in [0.1, 0.15) is 13.8 Å². The van der Waals surface area contributed by atoms with Crippen molar-refractivity contribution in [1.29, 1.82) is 0 Å². The highest BCUT2D eigenvalue weighted by Crippen LogP contribution is 2.10. The van der Waals surface area contributed by atoms with Crippen molar-refractivity contribution in [2.75, 3.05) is 7.05 Å². The highest BCUT2D eigenvalue weighted by molar-refractivity contribution is 7.90. The summed E-state index contributed by atoms with van der Waals surface area (Å²) >= 11 is 0. The molecule has 0 heterocycles. The van der Waals surface area contributed by atoms with Crippen molar-refractivity contribution < 1.29 is 8.42 Å². The van der Waals surface area contributed by atoms with Gasteiger partial charge in [-0.3, -0.25) is 5.01 Å². The van der Waals surface area contributed by atoms with Crippen molar-refractivity contribution in [1.82, 2.24) is 5.01 Å². The molecular weight excluding hydrogens is 238 g/mol. The normalized spacial score (nSPS) is 11.5. The molecule has 0 saturated carbocycles. The van der Waals surface area contributed by atoms with Crippen LogP contribution in [0.2, 0.25) is 0 Å². The van der Waals surface area contributed by atoms with Gasteiger partial charge in [-0.15, -0.1) is 4.40 Å². The van der Waals surface area contributed by atoms with Crippen LogP contribution >= 0.6 is 0 Å². The second kappa shape index (κ2) is 5.58. The summed E-state index contributed by atoms with van der Waals surface area (Å²) in [5.74, 6) is 0. The van der Waals surface area contributed by atoms with E-state index in [4.69, 9.17) is 0 Å². The van der Waals surface area contributed by atoms with Gasteiger partial charge in [0.25, 0.3) is 10.0 Å². The third-order valence-electron chi connectivity index (χ3n) is 1.75. The van der Waals surface area contributed by atoms with Crippen molar-refractivity contribution in [2.24, 2.45) is 9.50 Å². The van der Waals surface area contributed by atoms with Crippen LogP contribution in [0.4, 0.5) is 0 Å². The highest BCUT2D eigenvalue weighted by Gasteiger charge is 2.10. The topological polar surface area (TPSA) is 62.1 Å². The minimum atomic E-state index is -3.63. The lowest BCUT2D eigenvalue weighted by Crippen LogP contribution is -2.11. The summed E-state index contributed by atoms with van der Waals surface area (Å²) in [5, 5.41) is 5.37. The van der Waals surface area contributed by atoms with Gasteiger partial charge in [0.2, 0.25) is 0 Å². The largest absolute Gasteiger partial charge is 0.283 e. The first-order chi connectivity index (χ1) is 7.92. The number of rotatable bonds is 4. The Morgan fingerprint density at radius 2 is 1.82 bits per heavy atom. The number of nitrogens with zero attached hydrogens (tertiary/aromatic N) is 3. The number of hydrazone groups is 1. The van der Waals surface area contributed by atoms with E-state index in [-0.39, 0.29) is 4.90 Å². The fraction of sp³-hybridized carbons (Fsp3) is 0.273. The molecule has 0 aromatic heterocycles. The minimum absolute atomic E-state index is 0.168. The summed E-state index contributed by atoms with van der Waals surface area (Å²) in [6.07, 6.45) is 1.18. The zero-order valence-corrected chi connectivity index (χ0v) is 10.8. The molecule has 5 nitrogen and oxygen atoms in total. The average molecular weight is 253 g/mol. The fourth-order valence-electron chi connectivity index (χ4n) is 1.12. The predicted molar refractivity (Wildman–Crippen MR) is 68.7 cm³/mol. The van der Waals surface area contributed by atoms with E-state index < -0.39 is 10.0 Å². The van der Waals surface area contributed by atoms with Crippen LogP contribution < -0.4 is 0 Å². The van der Waals surface area contributed by atoms with Crippen LogP contribution in [-0.2, 0) is 10.0 Å². The molecule has 0 saturated heterocycles. The van der Waals surface area contributed by atoms with Crippen molar-refractivity contribution in [3.8, 4) is 0 Å². The summed E-state index contributed by atoms with van der Waals surface area (Å²) in [6, 6.07) is 8.06. The molecule has 0 fully saturated rings. The van der Waals surface area contributed by atoms with Crippen molar-refractivity contribution >= 4 is 22.1 Å². The number of hydrogen-bond donors (Lipinski definition) is 0. The first-order valence-electron chi connectivity index (χ1n) is 5.02. The van der Waals surface area contributed by atoms with E-state index >= 15 is 0 Å². The molecule has 0 atom stereocenters. The molecule has 0 radical (unpaired) electrons. The molecule has 1 aromatic rings. The molecule has 0 unspecified atom stereocenters. The van der Waals surface area contributed by atoms with Gasteiger partial charge in [-0.25, -0.2) is 0 Å². The monoisotopic (exact) mass is 253 g/mol. The Balaban J connectivity index is 2.88. The Bertz CT molecular complexity index is 517. The standard InChI is InChI=1S/C11H15N3O2S/c1-10(2)13-14(3)9-12-17(15,16)11-7-5-4-6-8-11/h4-9H,1-3H3/b12-9+. The Hall–Kier alpha value is -1.69. The van der Waals surface area contributed by atoms with Crippen LogP contribution in [-0.4, -0.2) is 32.5 Å². The van der Waals surface area contributed by atoms with Gasteiger partial charge >= 0.3 is 0 Å². The first-order valence-corrected chi connectivity index (χ1v) is 6.46. The molecule has 92 valence electrons. The zero-order valence-electron chi connectivity index (χ0n) is 10.0. The van der Waals surface area contributed by atoms with Crippen molar-refractivity contribution in [2.45, 2.75) is 18.7 Å². The highest BCUT2D eigenvalue weighted by atomic mass is 32.2.